The van der Waals surface area contributed by atoms with Gasteiger partial charge in [0.25, 0.3) is 0 Å². The summed E-state index contributed by atoms with van der Waals surface area (Å²) in [5, 5.41) is 0. The lowest BCUT2D eigenvalue weighted by Gasteiger charge is -2.23. The Bertz CT molecular complexity index is 293. The second-order valence-corrected chi connectivity index (χ2v) is 4.66. The zero-order chi connectivity index (χ0) is 10.6. The smallest absolute Gasteiger partial charge is 0.0227 e. The summed E-state index contributed by atoms with van der Waals surface area (Å²) in [5.74, 6) is 0. The fraction of sp³-hybridized carbons (Fsp3) is 0.429. The maximum Gasteiger partial charge on any atom is -0.0227 e. The van der Waals surface area contributed by atoms with Gasteiger partial charge < -0.3 is 0 Å². The van der Waals surface area contributed by atoms with Gasteiger partial charge in [0.05, 0.1) is 0 Å². The van der Waals surface area contributed by atoms with Gasteiger partial charge in [-0.25, -0.2) is 0 Å². The van der Waals surface area contributed by atoms with Crippen LogP contribution in [0.3, 0.4) is 0 Å². The summed E-state index contributed by atoms with van der Waals surface area (Å²) >= 11 is 0. The highest BCUT2D eigenvalue weighted by Gasteiger charge is 2.16. The minimum Gasteiger partial charge on any atom is -0.0952 e. The van der Waals surface area contributed by atoms with Crippen LogP contribution < -0.4 is 0 Å². The van der Waals surface area contributed by atoms with Crippen molar-refractivity contribution in [1.29, 1.82) is 0 Å². The molecule has 0 saturated heterocycles. The molecule has 0 heterocycles. The Labute approximate surface area is 87.7 Å². The molecule has 0 radical (unpaired) electrons. The highest BCUT2D eigenvalue weighted by atomic mass is 14.2. The molecule has 0 atom stereocenters. The first kappa shape index (κ1) is 11.0. The first-order valence-electron chi connectivity index (χ1n) is 5.28. The zero-order valence-electron chi connectivity index (χ0n) is 9.51. The molecule has 1 rings (SSSR count). The topological polar surface area (TPSA) is 0 Å². The Morgan fingerprint density at radius 2 is 1.79 bits per heavy atom. The van der Waals surface area contributed by atoms with E-state index >= 15 is 0 Å². The maximum absolute atomic E-state index is 4.16. The maximum atomic E-state index is 4.16. The number of rotatable bonds is 4. The molecule has 14 heavy (non-hydrogen) atoms. The molecule has 0 unspecified atom stereocenters. The van der Waals surface area contributed by atoms with E-state index in [9.17, 15) is 0 Å². The molecule has 0 nitrogen and oxygen atoms in total. The molecule has 0 bridgehead atoms. The minimum atomic E-state index is 0.368. The van der Waals surface area contributed by atoms with Crippen LogP contribution in [0.2, 0.25) is 0 Å². The molecule has 0 heteroatoms. The number of benzene rings is 1. The Balaban J connectivity index is 2.69. The van der Waals surface area contributed by atoms with Crippen LogP contribution in [-0.4, -0.2) is 0 Å². The first-order valence-corrected chi connectivity index (χ1v) is 5.28. The Hall–Kier alpha value is -1.04. The predicted octanol–water partition coefficient (Wildman–Crippen LogP) is 4.53. The molecule has 1 aromatic rings. The quantitative estimate of drug-likeness (QED) is 0.651. The lowest BCUT2D eigenvalue weighted by Crippen LogP contribution is -2.09. The van der Waals surface area contributed by atoms with Crippen molar-refractivity contribution < 1.29 is 0 Å². The predicted molar refractivity (Wildman–Crippen MR) is 64.2 cm³/mol. The van der Waals surface area contributed by atoms with E-state index in [1.165, 1.54) is 17.6 Å². The van der Waals surface area contributed by atoms with Gasteiger partial charge >= 0.3 is 0 Å². The summed E-state index contributed by atoms with van der Waals surface area (Å²) in [7, 11) is 0. The van der Waals surface area contributed by atoms with Crippen molar-refractivity contribution >= 4 is 5.57 Å². The van der Waals surface area contributed by atoms with Crippen molar-refractivity contribution in [3.8, 4) is 0 Å². The monoisotopic (exact) mass is 188 g/mol. The van der Waals surface area contributed by atoms with Crippen LogP contribution in [0.1, 0.15) is 39.2 Å². The van der Waals surface area contributed by atoms with Crippen LogP contribution in [0.4, 0.5) is 0 Å². The minimum absolute atomic E-state index is 0.368. The van der Waals surface area contributed by atoms with E-state index < -0.39 is 0 Å². The standard InChI is InChI=1S/C14H20/c1-5-14(3,4)11-12(2)13-9-7-6-8-10-13/h6-10H,2,5,11H2,1,3-4H3. The van der Waals surface area contributed by atoms with E-state index in [1.54, 1.807) is 0 Å². The third-order valence-corrected chi connectivity index (χ3v) is 2.83. The van der Waals surface area contributed by atoms with Gasteiger partial charge in [-0.05, 0) is 23.0 Å². The van der Waals surface area contributed by atoms with Crippen molar-refractivity contribution in [1.82, 2.24) is 0 Å². The molecule has 1 aromatic carbocycles. The molecule has 0 fully saturated rings. The Morgan fingerprint density at radius 3 is 2.29 bits per heavy atom. The second-order valence-electron chi connectivity index (χ2n) is 4.66. The highest BCUT2D eigenvalue weighted by Crippen LogP contribution is 2.32. The van der Waals surface area contributed by atoms with Crippen LogP contribution in [0.25, 0.3) is 5.57 Å². The molecule has 0 aliphatic carbocycles. The van der Waals surface area contributed by atoms with Crippen LogP contribution in [-0.2, 0) is 0 Å². The lowest BCUT2D eigenvalue weighted by molar-refractivity contribution is 0.363. The van der Waals surface area contributed by atoms with E-state index in [0.717, 1.165) is 6.42 Å². The summed E-state index contributed by atoms with van der Waals surface area (Å²) in [5.41, 5.74) is 2.89. The van der Waals surface area contributed by atoms with Crippen molar-refractivity contribution in [2.45, 2.75) is 33.6 Å². The molecule has 76 valence electrons. The van der Waals surface area contributed by atoms with E-state index in [2.05, 4.69) is 51.6 Å². The van der Waals surface area contributed by atoms with Gasteiger partial charge in [-0.2, -0.15) is 0 Å². The summed E-state index contributed by atoms with van der Waals surface area (Å²) < 4.78 is 0. The van der Waals surface area contributed by atoms with Crippen LogP contribution in [0, 0.1) is 5.41 Å². The van der Waals surface area contributed by atoms with E-state index in [-0.39, 0.29) is 0 Å². The Morgan fingerprint density at radius 1 is 1.21 bits per heavy atom. The fourth-order valence-corrected chi connectivity index (χ4v) is 1.48. The third kappa shape index (κ3) is 3.02. The molecule has 0 amide bonds. The molecule has 0 aromatic heterocycles. The van der Waals surface area contributed by atoms with Crippen molar-refractivity contribution in [3.05, 3.63) is 42.5 Å². The number of hydrogen-bond acceptors (Lipinski definition) is 0. The Kier molecular flexibility index (Phi) is 3.51. The second kappa shape index (κ2) is 4.45. The molecular weight excluding hydrogens is 168 g/mol. The fourth-order valence-electron chi connectivity index (χ4n) is 1.48. The molecule has 0 spiro atoms. The summed E-state index contributed by atoms with van der Waals surface area (Å²) in [6, 6.07) is 10.4. The SMILES string of the molecule is C=C(CC(C)(C)CC)c1ccccc1. The first-order chi connectivity index (χ1) is 6.55. The van der Waals surface area contributed by atoms with Gasteiger partial charge in [-0.1, -0.05) is 64.1 Å². The summed E-state index contributed by atoms with van der Waals surface area (Å²) in [6.45, 7) is 11.0. The van der Waals surface area contributed by atoms with Gasteiger partial charge in [0.1, 0.15) is 0 Å². The largest absolute Gasteiger partial charge is 0.0952 e. The van der Waals surface area contributed by atoms with Gasteiger partial charge in [-0.15, -0.1) is 0 Å². The van der Waals surface area contributed by atoms with Crippen molar-refractivity contribution in [2.24, 2.45) is 5.41 Å². The van der Waals surface area contributed by atoms with Gasteiger partial charge in [0, 0.05) is 0 Å². The average molecular weight is 188 g/mol. The van der Waals surface area contributed by atoms with Crippen LogP contribution in [0.5, 0.6) is 0 Å². The molecule has 0 aliphatic heterocycles. The zero-order valence-corrected chi connectivity index (χ0v) is 9.51. The van der Waals surface area contributed by atoms with Gasteiger partial charge in [-0.3, -0.25) is 0 Å². The summed E-state index contributed by atoms with van der Waals surface area (Å²) in [6.07, 6.45) is 2.27. The van der Waals surface area contributed by atoms with E-state index in [0.29, 0.717) is 5.41 Å². The summed E-state index contributed by atoms with van der Waals surface area (Å²) in [4.78, 5) is 0. The number of hydrogen-bond donors (Lipinski definition) is 0. The normalized spacial score (nSPS) is 11.4. The molecule has 0 aliphatic rings. The molecular formula is C14H20. The van der Waals surface area contributed by atoms with E-state index in [4.69, 9.17) is 0 Å². The lowest BCUT2D eigenvalue weighted by atomic mass is 9.82. The average Bonchev–Trinajstić information content (AvgIpc) is 2.19. The number of allylic oxidation sites excluding steroid dienone is 1. The highest BCUT2D eigenvalue weighted by molar-refractivity contribution is 5.63. The van der Waals surface area contributed by atoms with Crippen LogP contribution in [0.15, 0.2) is 36.9 Å². The van der Waals surface area contributed by atoms with Crippen LogP contribution >= 0.6 is 0 Å². The van der Waals surface area contributed by atoms with E-state index in [1.807, 2.05) is 6.07 Å². The van der Waals surface area contributed by atoms with Gasteiger partial charge in [0.15, 0.2) is 0 Å². The van der Waals surface area contributed by atoms with Gasteiger partial charge in [0.2, 0.25) is 0 Å². The third-order valence-electron chi connectivity index (χ3n) is 2.83. The van der Waals surface area contributed by atoms with Crippen molar-refractivity contribution in [3.63, 3.8) is 0 Å². The molecule has 0 saturated carbocycles. The molecule has 0 N–H and O–H groups in total. The van der Waals surface area contributed by atoms with Crippen molar-refractivity contribution in [2.75, 3.05) is 0 Å².